The Kier molecular flexibility index (Phi) is 12.7. The Morgan fingerprint density at radius 1 is 1.02 bits per heavy atom. The van der Waals surface area contributed by atoms with E-state index in [9.17, 15) is 27.6 Å². The Labute approximate surface area is 362 Å². The SMILES string of the molecule is CC(C)c1ncc(N2CCN(C)CC2)cc1-c1c2c3cc(ccc3n1CC(F)(F)F)-c1cccc(c1)C[C@H](NC(=O)OC(C)(C)C)C(=O)N1CCC[C@H](N1)C(=O)OCC(C)(C)C2. The number of hydrazine groups is 1. The maximum absolute atomic E-state index is 14.9. The van der Waals surface area contributed by atoms with Gasteiger partial charge in [-0.3, -0.25) is 19.6 Å². The number of anilines is 1. The summed E-state index contributed by atoms with van der Waals surface area (Å²) < 4.78 is 57.6. The van der Waals surface area contributed by atoms with Crippen molar-refractivity contribution in [2.45, 2.75) is 110 Å². The standard InChI is InChI=1S/C47H60F3N7O5/c1-29(2)40-35(24-33(26-51-40)55-19-17-54(8)18-20-55)41-36-25-46(6,7)28-61-43(59)37-13-10-16-57(53-37)42(58)38(52-44(60)62-45(3,4)5)22-30-11-9-12-31(21-30)32-14-15-39(34(36)23-32)56(41)27-47(48,49)50/h9,11-12,14-15,21,23-24,26,29,37-38,53H,10,13,16-20,22,25,27-28H2,1-8H3,(H,52,60)/t37-,38-/m0/s1. The van der Waals surface area contributed by atoms with Gasteiger partial charge in [-0.05, 0) is 93.5 Å². The van der Waals surface area contributed by atoms with Crippen molar-refractivity contribution >= 4 is 34.6 Å². The number of piperazine rings is 1. The van der Waals surface area contributed by atoms with Crippen LogP contribution in [0, 0.1) is 5.41 Å². The molecule has 0 unspecified atom stereocenters. The van der Waals surface area contributed by atoms with E-state index in [1.165, 1.54) is 9.58 Å². The second kappa shape index (κ2) is 17.5. The van der Waals surface area contributed by atoms with Gasteiger partial charge in [0.15, 0.2) is 0 Å². The van der Waals surface area contributed by atoms with Crippen LogP contribution in [-0.4, -0.2) is 108 Å². The molecule has 3 aliphatic heterocycles. The normalized spacial score (nSPS) is 20.6. The molecule has 62 heavy (non-hydrogen) atoms. The van der Waals surface area contributed by atoms with Gasteiger partial charge in [0.25, 0.3) is 5.91 Å². The van der Waals surface area contributed by atoms with Crippen LogP contribution in [0.5, 0.6) is 0 Å². The number of pyridine rings is 1. The summed E-state index contributed by atoms with van der Waals surface area (Å²) in [7, 11) is 2.07. The Balaban J connectivity index is 1.42. The number of cyclic esters (lactones) is 1. The molecule has 6 bridgehead atoms. The third-order valence-electron chi connectivity index (χ3n) is 11.8. The average Bonchev–Trinajstić information content (AvgIpc) is 3.48. The minimum atomic E-state index is -4.55. The van der Waals surface area contributed by atoms with Crippen LogP contribution >= 0.6 is 0 Å². The van der Waals surface area contributed by atoms with E-state index in [1.54, 1.807) is 26.8 Å². The lowest BCUT2D eigenvalue weighted by Gasteiger charge is -2.35. The molecule has 0 aliphatic carbocycles. The van der Waals surface area contributed by atoms with E-state index in [4.69, 9.17) is 14.5 Å². The van der Waals surface area contributed by atoms with Crippen molar-refractivity contribution in [3.63, 3.8) is 0 Å². The molecule has 3 aliphatic rings. The fourth-order valence-corrected chi connectivity index (χ4v) is 8.75. The third-order valence-corrected chi connectivity index (χ3v) is 11.8. The highest BCUT2D eigenvalue weighted by molar-refractivity contribution is 5.96. The Hall–Kier alpha value is -5.15. The fraction of sp³-hybridized carbons (Fsp3) is 0.532. The molecule has 12 nitrogen and oxygen atoms in total. The van der Waals surface area contributed by atoms with Crippen LogP contribution in [-0.2, 0) is 38.4 Å². The summed E-state index contributed by atoms with van der Waals surface area (Å²) in [5, 5.41) is 4.79. The lowest BCUT2D eigenvalue weighted by Crippen LogP contribution is -2.60. The summed E-state index contributed by atoms with van der Waals surface area (Å²) >= 11 is 0. The van der Waals surface area contributed by atoms with Crippen molar-refractivity contribution in [2.75, 3.05) is 51.3 Å². The molecule has 5 heterocycles. The van der Waals surface area contributed by atoms with Gasteiger partial charge in [0.05, 0.1) is 29.9 Å². The topological polar surface area (TPSA) is 121 Å². The Morgan fingerprint density at radius 3 is 2.44 bits per heavy atom. The van der Waals surface area contributed by atoms with Crippen molar-refractivity contribution in [3.05, 3.63) is 71.5 Å². The summed E-state index contributed by atoms with van der Waals surface area (Å²) in [4.78, 5) is 50.6. The van der Waals surface area contributed by atoms with E-state index in [0.29, 0.717) is 52.8 Å². The number of rotatable bonds is 5. The summed E-state index contributed by atoms with van der Waals surface area (Å²) in [6.07, 6.45) is -2.16. The van der Waals surface area contributed by atoms with Crippen LogP contribution in [0.25, 0.3) is 33.3 Å². The van der Waals surface area contributed by atoms with Crippen LogP contribution in [0.3, 0.4) is 0 Å². The molecule has 2 aromatic heterocycles. The van der Waals surface area contributed by atoms with Gasteiger partial charge in [0.2, 0.25) is 0 Å². The first-order chi connectivity index (χ1) is 29.1. The number of halogens is 3. The number of carbonyl (C=O) groups is 3. The number of alkyl halides is 3. The molecule has 334 valence electrons. The number of benzene rings is 2. The van der Waals surface area contributed by atoms with Crippen molar-refractivity contribution in [3.8, 4) is 22.4 Å². The van der Waals surface area contributed by atoms with Gasteiger partial charge < -0.3 is 29.2 Å². The quantitative estimate of drug-likeness (QED) is 0.193. The third kappa shape index (κ3) is 10.4. The van der Waals surface area contributed by atoms with Crippen molar-refractivity contribution in [1.29, 1.82) is 0 Å². The highest BCUT2D eigenvalue weighted by atomic mass is 19.4. The van der Waals surface area contributed by atoms with Crippen molar-refractivity contribution < 1.29 is 37.0 Å². The summed E-state index contributed by atoms with van der Waals surface area (Å²) in [6, 6.07) is 13.2. The largest absolute Gasteiger partial charge is 0.464 e. The summed E-state index contributed by atoms with van der Waals surface area (Å²) in [6.45, 7) is 15.4. The Bertz CT molecular complexity index is 2310. The predicted molar refractivity (Wildman–Crippen MR) is 234 cm³/mol. The van der Waals surface area contributed by atoms with E-state index >= 15 is 0 Å². The average molecular weight is 860 g/mol. The van der Waals surface area contributed by atoms with Gasteiger partial charge in [-0.15, -0.1) is 0 Å². The molecule has 0 radical (unpaired) electrons. The Morgan fingerprint density at radius 2 is 1.74 bits per heavy atom. The first-order valence-electron chi connectivity index (χ1n) is 21.6. The zero-order chi connectivity index (χ0) is 44.7. The van der Waals surface area contributed by atoms with E-state index in [-0.39, 0.29) is 25.4 Å². The van der Waals surface area contributed by atoms with Crippen LogP contribution in [0.15, 0.2) is 54.7 Å². The molecule has 4 aromatic rings. The number of aromatic nitrogens is 2. The minimum Gasteiger partial charge on any atom is -0.464 e. The predicted octanol–water partition coefficient (Wildman–Crippen LogP) is 7.86. The molecule has 2 atom stereocenters. The number of amides is 2. The van der Waals surface area contributed by atoms with Crippen molar-refractivity contribution in [2.24, 2.45) is 5.41 Å². The second-order valence-electron chi connectivity index (χ2n) is 19.2. The van der Waals surface area contributed by atoms with Gasteiger partial charge in [-0.25, -0.2) is 10.2 Å². The number of nitrogens with one attached hydrogen (secondary N) is 2. The number of hydrogen-bond donors (Lipinski definition) is 2. The number of fused-ring (bicyclic) bond motifs is 6. The zero-order valence-electron chi connectivity index (χ0n) is 37.1. The van der Waals surface area contributed by atoms with Gasteiger partial charge in [0, 0.05) is 61.0 Å². The molecule has 0 spiro atoms. The smallest absolute Gasteiger partial charge is 0.408 e. The second-order valence-corrected chi connectivity index (χ2v) is 19.2. The molecular formula is C47H60F3N7O5. The van der Waals surface area contributed by atoms with Gasteiger partial charge in [-0.2, -0.15) is 13.2 Å². The molecule has 2 saturated heterocycles. The van der Waals surface area contributed by atoms with E-state index in [1.807, 2.05) is 76.4 Å². The fourth-order valence-electron chi connectivity index (χ4n) is 8.75. The first-order valence-corrected chi connectivity index (χ1v) is 21.6. The highest BCUT2D eigenvalue weighted by Crippen LogP contribution is 2.44. The van der Waals surface area contributed by atoms with Crippen LogP contribution in [0.4, 0.5) is 23.7 Å². The number of alkyl carbamates (subject to hydrolysis) is 1. The number of hydrogen-bond acceptors (Lipinski definition) is 9. The van der Waals surface area contributed by atoms with E-state index in [0.717, 1.165) is 48.6 Å². The van der Waals surface area contributed by atoms with E-state index in [2.05, 4.69) is 27.6 Å². The van der Waals surface area contributed by atoms with Gasteiger partial charge >= 0.3 is 18.2 Å². The molecule has 2 N–H and O–H groups in total. The molecule has 2 aromatic carbocycles. The van der Waals surface area contributed by atoms with Crippen LogP contribution < -0.4 is 15.6 Å². The lowest BCUT2D eigenvalue weighted by atomic mass is 9.83. The molecule has 15 heteroatoms. The maximum atomic E-state index is 14.9. The van der Waals surface area contributed by atoms with Crippen LogP contribution in [0.1, 0.15) is 84.0 Å². The lowest BCUT2D eigenvalue weighted by molar-refractivity contribution is -0.155. The molecule has 2 amide bonds. The number of ether oxygens (including phenoxy) is 2. The summed E-state index contributed by atoms with van der Waals surface area (Å²) in [5.41, 5.74) is 7.55. The molecule has 0 saturated carbocycles. The summed E-state index contributed by atoms with van der Waals surface area (Å²) in [5.74, 6) is -1.09. The number of nitrogens with zero attached hydrogens (tertiary/aromatic N) is 5. The first kappa shape index (κ1) is 44.9. The van der Waals surface area contributed by atoms with E-state index < -0.39 is 53.8 Å². The van der Waals surface area contributed by atoms with Gasteiger partial charge in [0.1, 0.15) is 24.2 Å². The number of carbonyl (C=O) groups excluding carboxylic acids is 3. The minimum absolute atomic E-state index is 0.0372. The zero-order valence-corrected chi connectivity index (χ0v) is 37.1. The van der Waals surface area contributed by atoms with Crippen LogP contribution in [0.2, 0.25) is 0 Å². The number of likely N-dealkylation sites (N-methyl/N-ethyl adjacent to an activating group) is 1. The molecular weight excluding hydrogens is 800 g/mol. The van der Waals surface area contributed by atoms with Gasteiger partial charge in [-0.1, -0.05) is 58.0 Å². The van der Waals surface area contributed by atoms with Crippen molar-refractivity contribution in [1.82, 2.24) is 30.2 Å². The monoisotopic (exact) mass is 859 g/mol. The maximum Gasteiger partial charge on any atom is 0.408 e. The highest BCUT2D eigenvalue weighted by Gasteiger charge is 2.37. The molecule has 2 fully saturated rings. The molecule has 7 rings (SSSR count). The number of esters is 1.